The van der Waals surface area contributed by atoms with Crippen LogP contribution in [-0.4, -0.2) is 44.9 Å². The van der Waals surface area contributed by atoms with Crippen molar-refractivity contribution in [2.45, 2.75) is 37.5 Å². The molecule has 1 heterocycles. The summed E-state index contributed by atoms with van der Waals surface area (Å²) in [6.45, 7) is 4.35. The lowest BCUT2D eigenvalue weighted by molar-refractivity contribution is 0.0564. The van der Waals surface area contributed by atoms with Crippen LogP contribution in [0.3, 0.4) is 0 Å². The summed E-state index contributed by atoms with van der Waals surface area (Å²) in [6, 6.07) is 22.8. The molecule has 5 nitrogen and oxygen atoms in total. The van der Waals surface area contributed by atoms with E-state index < -0.39 is 5.41 Å². The van der Waals surface area contributed by atoms with Crippen molar-refractivity contribution in [3.63, 3.8) is 0 Å². The van der Waals surface area contributed by atoms with E-state index in [-0.39, 0.29) is 5.92 Å². The molecule has 2 aromatic carbocycles. The van der Waals surface area contributed by atoms with E-state index in [4.69, 9.17) is 14.7 Å². The van der Waals surface area contributed by atoms with Gasteiger partial charge in [-0.25, -0.2) is 0 Å². The molecular formula is C29H35N3O2. The van der Waals surface area contributed by atoms with Crippen molar-refractivity contribution in [1.82, 2.24) is 4.90 Å². The van der Waals surface area contributed by atoms with Gasteiger partial charge in [0.25, 0.3) is 0 Å². The Kier molecular flexibility index (Phi) is 8.22. The molecule has 1 aliphatic carbocycles. The third-order valence-corrected chi connectivity index (χ3v) is 7.66. The van der Waals surface area contributed by atoms with Gasteiger partial charge in [-0.2, -0.15) is 10.5 Å². The molecule has 34 heavy (non-hydrogen) atoms. The molecule has 0 bridgehead atoms. The van der Waals surface area contributed by atoms with Gasteiger partial charge in [0.15, 0.2) is 0 Å². The van der Waals surface area contributed by atoms with Crippen molar-refractivity contribution >= 4 is 0 Å². The molecule has 2 atom stereocenters. The third kappa shape index (κ3) is 5.44. The highest BCUT2D eigenvalue weighted by Crippen LogP contribution is 2.52. The van der Waals surface area contributed by atoms with Gasteiger partial charge < -0.3 is 14.4 Å². The Bertz CT molecular complexity index is 983. The lowest BCUT2D eigenvalue weighted by Gasteiger charge is -2.45. The van der Waals surface area contributed by atoms with Crippen LogP contribution in [0, 0.1) is 40.4 Å². The third-order valence-electron chi connectivity index (χ3n) is 7.66. The maximum atomic E-state index is 10.7. The number of hydrogen-bond donors (Lipinski definition) is 0. The van der Waals surface area contributed by atoms with Crippen LogP contribution in [0.25, 0.3) is 0 Å². The van der Waals surface area contributed by atoms with Crippen LogP contribution in [-0.2, 0) is 10.2 Å². The van der Waals surface area contributed by atoms with Gasteiger partial charge in [-0.15, -0.1) is 0 Å². The first-order chi connectivity index (χ1) is 16.7. The first-order valence-corrected chi connectivity index (χ1v) is 12.5. The van der Waals surface area contributed by atoms with Crippen LogP contribution in [0.2, 0.25) is 0 Å². The largest absolute Gasteiger partial charge is 0.494 e. The van der Waals surface area contributed by atoms with Gasteiger partial charge in [-0.1, -0.05) is 30.3 Å². The van der Waals surface area contributed by atoms with E-state index >= 15 is 0 Å². The fraction of sp³-hybridized carbons (Fsp3) is 0.517. The maximum absolute atomic E-state index is 10.7. The minimum Gasteiger partial charge on any atom is -0.494 e. The second kappa shape index (κ2) is 11.5. The molecule has 1 saturated carbocycles. The van der Waals surface area contributed by atoms with Crippen LogP contribution in [0.1, 0.15) is 43.2 Å². The lowest BCUT2D eigenvalue weighted by Crippen LogP contribution is -2.49. The molecule has 0 amide bonds. The van der Waals surface area contributed by atoms with Crippen LogP contribution >= 0.6 is 0 Å². The number of hydrogen-bond acceptors (Lipinski definition) is 5. The number of methoxy groups -OCH3 is 1. The molecule has 0 aromatic heterocycles. The Morgan fingerprint density at radius 2 is 1.71 bits per heavy atom. The second-order valence-electron chi connectivity index (χ2n) is 9.70. The van der Waals surface area contributed by atoms with Crippen molar-refractivity contribution in [3.8, 4) is 17.9 Å². The van der Waals surface area contributed by atoms with E-state index in [1.165, 1.54) is 18.4 Å². The summed E-state index contributed by atoms with van der Waals surface area (Å²) in [6.07, 6.45) is 5.45. The van der Waals surface area contributed by atoms with Crippen molar-refractivity contribution < 1.29 is 9.47 Å². The van der Waals surface area contributed by atoms with E-state index in [2.05, 4.69) is 41.3 Å². The number of ether oxygens (including phenoxy) is 2. The zero-order valence-electron chi connectivity index (χ0n) is 20.2. The molecule has 1 aliphatic heterocycles. The standard InChI is InChI=1S/C29H35N3O2/c1-33-21-28(24-10-11-24)29(22-31,25-6-3-2-4-7-25)26-14-17-32(18-15-26)16-5-19-34-27-12-8-23(20-30)9-13-27/h2-4,6-9,12-13,24,26,28H,5,10-11,14-19,21H2,1H3. The highest BCUT2D eigenvalue weighted by atomic mass is 16.5. The number of nitrogens with zero attached hydrogens (tertiary/aromatic N) is 3. The molecule has 5 heteroatoms. The number of benzene rings is 2. The Labute approximate surface area is 203 Å². The summed E-state index contributed by atoms with van der Waals surface area (Å²) in [4.78, 5) is 2.51. The molecule has 2 aromatic rings. The summed E-state index contributed by atoms with van der Waals surface area (Å²) in [7, 11) is 1.77. The molecule has 0 spiro atoms. The fourth-order valence-electron chi connectivity index (χ4n) is 5.74. The minimum atomic E-state index is -0.483. The smallest absolute Gasteiger partial charge is 0.119 e. The molecule has 178 valence electrons. The van der Waals surface area contributed by atoms with Crippen LogP contribution in [0.4, 0.5) is 0 Å². The Morgan fingerprint density at radius 1 is 1.00 bits per heavy atom. The van der Waals surface area contributed by atoms with Gasteiger partial charge in [-0.05, 0) is 86.9 Å². The summed E-state index contributed by atoms with van der Waals surface area (Å²) >= 11 is 0. The number of rotatable bonds is 11. The Hall–Kier alpha value is -2.86. The van der Waals surface area contributed by atoms with Gasteiger partial charge in [0.1, 0.15) is 5.75 Å². The Balaban J connectivity index is 1.35. The molecule has 0 radical (unpaired) electrons. The fourth-order valence-corrected chi connectivity index (χ4v) is 5.74. The minimum absolute atomic E-state index is 0.252. The Morgan fingerprint density at radius 3 is 2.29 bits per heavy atom. The quantitative estimate of drug-likeness (QED) is 0.435. The van der Waals surface area contributed by atoms with Crippen LogP contribution in [0.5, 0.6) is 5.75 Å². The average molecular weight is 458 g/mol. The molecule has 1 saturated heterocycles. The first kappa shape index (κ1) is 24.3. The SMILES string of the molecule is COCC(C1CC1)C(C#N)(c1ccccc1)C1CCN(CCCOc2ccc(C#N)cc2)CC1. The number of piperidine rings is 1. The monoisotopic (exact) mass is 457 g/mol. The molecule has 2 fully saturated rings. The van der Waals surface area contributed by atoms with E-state index in [1.807, 2.05) is 18.2 Å². The van der Waals surface area contributed by atoms with Crippen LogP contribution < -0.4 is 4.74 Å². The average Bonchev–Trinajstić information content (AvgIpc) is 3.74. The highest BCUT2D eigenvalue weighted by molar-refractivity contribution is 5.37. The normalized spacial score (nSPS) is 19.5. The van der Waals surface area contributed by atoms with Gasteiger partial charge in [0.2, 0.25) is 0 Å². The highest BCUT2D eigenvalue weighted by Gasteiger charge is 2.53. The van der Waals surface area contributed by atoms with Crippen molar-refractivity contribution in [2.75, 3.05) is 40.0 Å². The summed E-state index contributed by atoms with van der Waals surface area (Å²) in [5, 5.41) is 19.6. The van der Waals surface area contributed by atoms with Gasteiger partial charge >= 0.3 is 0 Å². The molecular weight excluding hydrogens is 422 g/mol. The second-order valence-corrected chi connectivity index (χ2v) is 9.70. The summed E-state index contributed by atoms with van der Waals surface area (Å²) in [5.41, 5.74) is 1.33. The van der Waals surface area contributed by atoms with E-state index in [9.17, 15) is 5.26 Å². The maximum Gasteiger partial charge on any atom is 0.119 e. The van der Waals surface area contributed by atoms with Gasteiger partial charge in [0, 0.05) is 19.6 Å². The zero-order valence-corrected chi connectivity index (χ0v) is 20.2. The predicted octanol–water partition coefficient (Wildman–Crippen LogP) is 5.17. The van der Waals surface area contributed by atoms with Crippen LogP contribution in [0.15, 0.2) is 54.6 Å². The molecule has 2 aliphatic rings. The summed E-state index contributed by atoms with van der Waals surface area (Å²) in [5.74, 6) is 2.00. The van der Waals surface area contributed by atoms with E-state index in [1.54, 1.807) is 19.2 Å². The summed E-state index contributed by atoms with van der Waals surface area (Å²) < 4.78 is 11.5. The first-order valence-electron chi connectivity index (χ1n) is 12.5. The van der Waals surface area contributed by atoms with Gasteiger partial charge in [-0.3, -0.25) is 0 Å². The van der Waals surface area contributed by atoms with Gasteiger partial charge in [0.05, 0.1) is 36.3 Å². The molecule has 0 N–H and O–H groups in total. The topological polar surface area (TPSA) is 69.3 Å². The molecule has 2 unspecified atom stereocenters. The zero-order chi connectivity index (χ0) is 23.8. The van der Waals surface area contributed by atoms with Crippen molar-refractivity contribution in [1.29, 1.82) is 10.5 Å². The lowest BCUT2D eigenvalue weighted by atomic mass is 9.59. The van der Waals surface area contributed by atoms with Crippen molar-refractivity contribution in [3.05, 3.63) is 65.7 Å². The number of likely N-dealkylation sites (tertiary alicyclic amines) is 1. The predicted molar refractivity (Wildman–Crippen MR) is 132 cm³/mol. The van der Waals surface area contributed by atoms with E-state index in [0.717, 1.165) is 44.6 Å². The van der Waals surface area contributed by atoms with Crippen molar-refractivity contribution in [2.24, 2.45) is 17.8 Å². The molecule has 4 rings (SSSR count). The number of nitriles is 2. The van der Waals surface area contributed by atoms with E-state index in [0.29, 0.717) is 30.6 Å².